The Bertz CT molecular complexity index is 585. The molecule has 1 aliphatic rings. The lowest BCUT2D eigenvalue weighted by atomic mass is 9.96. The Balaban J connectivity index is 1.55. The number of piperidine rings is 1. The lowest BCUT2D eigenvalue weighted by molar-refractivity contribution is -0.121. The molecule has 118 valence electrons. The van der Waals surface area contributed by atoms with Crippen molar-refractivity contribution in [3.63, 3.8) is 0 Å². The minimum Gasteiger partial charge on any atom is -0.301 e. The zero-order valence-electron chi connectivity index (χ0n) is 12.6. The molecular formula is C14H20N6OS. The maximum absolute atomic E-state index is 12.3. The van der Waals surface area contributed by atoms with E-state index in [1.54, 1.807) is 12.4 Å². The fourth-order valence-electron chi connectivity index (χ4n) is 2.85. The molecule has 0 spiro atoms. The molecule has 0 saturated carbocycles. The third-order valence-electron chi connectivity index (χ3n) is 4.06. The first-order chi connectivity index (χ1) is 10.7. The number of hydrogen-bond acceptors (Lipinski definition) is 6. The summed E-state index contributed by atoms with van der Waals surface area (Å²) in [5.74, 6) is 0.516. The number of thiazole rings is 1. The lowest BCUT2D eigenvalue weighted by Gasteiger charge is -2.35. The first kappa shape index (κ1) is 15.1. The number of carbonyl (C=O) groups excluding carboxylic acids is 1. The second-order valence-electron chi connectivity index (χ2n) is 5.63. The van der Waals surface area contributed by atoms with E-state index >= 15 is 0 Å². The van der Waals surface area contributed by atoms with Gasteiger partial charge in [0.25, 0.3) is 0 Å². The highest BCUT2D eigenvalue weighted by atomic mass is 32.1. The molecule has 3 heterocycles. The van der Waals surface area contributed by atoms with Crippen molar-refractivity contribution < 1.29 is 4.79 Å². The molecule has 2 aromatic heterocycles. The predicted molar refractivity (Wildman–Crippen MR) is 84.5 cm³/mol. The second kappa shape index (κ2) is 6.97. The van der Waals surface area contributed by atoms with Crippen molar-refractivity contribution in [3.05, 3.63) is 24.0 Å². The van der Waals surface area contributed by atoms with E-state index in [1.165, 1.54) is 11.3 Å². The molecule has 8 heteroatoms. The van der Waals surface area contributed by atoms with Gasteiger partial charge in [0.1, 0.15) is 0 Å². The quantitative estimate of drug-likeness (QED) is 0.903. The van der Waals surface area contributed by atoms with Crippen LogP contribution in [-0.4, -0.2) is 49.9 Å². The highest BCUT2D eigenvalue weighted by Crippen LogP contribution is 2.21. The van der Waals surface area contributed by atoms with E-state index in [0.717, 1.165) is 32.5 Å². The van der Waals surface area contributed by atoms with Crippen LogP contribution in [0.2, 0.25) is 0 Å². The largest absolute Gasteiger partial charge is 0.301 e. The van der Waals surface area contributed by atoms with Crippen LogP contribution in [0.3, 0.4) is 0 Å². The zero-order chi connectivity index (χ0) is 15.4. The maximum atomic E-state index is 12.3. The number of carbonyl (C=O) groups is 1. The summed E-state index contributed by atoms with van der Waals surface area (Å²) < 4.78 is 1.87. The van der Waals surface area contributed by atoms with Crippen LogP contribution in [0.15, 0.2) is 24.0 Å². The Hall–Kier alpha value is -1.80. The van der Waals surface area contributed by atoms with Gasteiger partial charge in [0.05, 0.1) is 12.2 Å². The lowest BCUT2D eigenvalue weighted by Crippen LogP contribution is -2.47. The molecule has 1 fully saturated rings. The molecule has 1 N–H and O–H groups in total. The van der Waals surface area contributed by atoms with Crippen molar-refractivity contribution in [2.45, 2.75) is 32.4 Å². The summed E-state index contributed by atoms with van der Waals surface area (Å²) in [5, 5.41) is 13.3. The maximum Gasteiger partial charge on any atom is 0.243 e. The Morgan fingerprint density at radius 2 is 2.45 bits per heavy atom. The summed E-state index contributed by atoms with van der Waals surface area (Å²) in [5.41, 5.74) is 0. The highest BCUT2D eigenvalue weighted by Gasteiger charge is 2.28. The van der Waals surface area contributed by atoms with E-state index in [4.69, 9.17) is 0 Å². The summed E-state index contributed by atoms with van der Waals surface area (Å²) in [6.45, 7) is 4.69. The van der Waals surface area contributed by atoms with Crippen molar-refractivity contribution in [1.82, 2.24) is 24.9 Å². The third kappa shape index (κ3) is 3.69. The second-order valence-corrected chi connectivity index (χ2v) is 6.53. The van der Waals surface area contributed by atoms with E-state index < -0.39 is 0 Å². The number of rotatable bonds is 5. The van der Waals surface area contributed by atoms with Crippen molar-refractivity contribution >= 4 is 22.4 Å². The first-order valence-corrected chi connectivity index (χ1v) is 8.39. The molecule has 2 unspecified atom stereocenters. The number of nitrogens with one attached hydrogen (secondary N) is 1. The van der Waals surface area contributed by atoms with E-state index in [-0.39, 0.29) is 11.9 Å². The highest BCUT2D eigenvalue weighted by molar-refractivity contribution is 7.13. The van der Waals surface area contributed by atoms with Gasteiger partial charge in [-0.15, -0.1) is 16.4 Å². The van der Waals surface area contributed by atoms with Crippen molar-refractivity contribution in [2.24, 2.45) is 5.92 Å². The van der Waals surface area contributed by atoms with Crippen molar-refractivity contribution in [2.75, 3.05) is 18.4 Å². The molecule has 0 aliphatic carbocycles. The Morgan fingerprint density at radius 1 is 1.55 bits per heavy atom. The standard InChI is InChI=1S/C14H20N6OS/c1-11(13(21)17-14-15-5-8-22-14)19-6-2-3-12(9-19)10-20-7-4-16-18-20/h4-5,7-8,11-12H,2-3,6,9-10H2,1H3,(H,15,17,21). The average molecular weight is 320 g/mol. The van der Waals surface area contributed by atoms with E-state index in [0.29, 0.717) is 11.0 Å². The van der Waals surface area contributed by atoms with Gasteiger partial charge in [-0.2, -0.15) is 0 Å². The SMILES string of the molecule is CC(C(=O)Nc1nccs1)N1CCCC(Cn2ccnn2)C1. The topological polar surface area (TPSA) is 75.9 Å². The Morgan fingerprint density at radius 3 is 3.18 bits per heavy atom. The molecule has 2 aromatic rings. The van der Waals surface area contributed by atoms with E-state index in [2.05, 4.69) is 25.5 Å². The predicted octanol–water partition coefficient (Wildman–Crippen LogP) is 1.47. The molecule has 1 amide bonds. The molecule has 2 atom stereocenters. The van der Waals surface area contributed by atoms with Crippen LogP contribution in [0.1, 0.15) is 19.8 Å². The van der Waals surface area contributed by atoms with Crippen molar-refractivity contribution in [1.29, 1.82) is 0 Å². The van der Waals surface area contributed by atoms with Crippen LogP contribution in [0.5, 0.6) is 0 Å². The third-order valence-corrected chi connectivity index (χ3v) is 4.75. The van der Waals surface area contributed by atoms with Crippen LogP contribution in [0.25, 0.3) is 0 Å². The van der Waals surface area contributed by atoms with Gasteiger partial charge in [0, 0.05) is 30.9 Å². The number of nitrogens with zero attached hydrogens (tertiary/aromatic N) is 5. The van der Waals surface area contributed by atoms with Crippen LogP contribution < -0.4 is 5.32 Å². The van der Waals surface area contributed by atoms with Gasteiger partial charge in [0.15, 0.2) is 5.13 Å². The summed E-state index contributed by atoms with van der Waals surface area (Å²) in [4.78, 5) is 18.7. The summed E-state index contributed by atoms with van der Waals surface area (Å²) >= 11 is 1.44. The number of likely N-dealkylation sites (tertiary alicyclic amines) is 1. The molecule has 0 radical (unpaired) electrons. The Labute approximate surface area is 133 Å². The van der Waals surface area contributed by atoms with Gasteiger partial charge in [0.2, 0.25) is 5.91 Å². The molecule has 0 aromatic carbocycles. The zero-order valence-corrected chi connectivity index (χ0v) is 13.4. The number of aromatic nitrogens is 4. The normalized spacial score (nSPS) is 20.7. The van der Waals surface area contributed by atoms with Gasteiger partial charge < -0.3 is 5.32 Å². The molecule has 22 heavy (non-hydrogen) atoms. The number of anilines is 1. The molecular weight excluding hydrogens is 300 g/mol. The first-order valence-electron chi connectivity index (χ1n) is 7.51. The van der Waals surface area contributed by atoms with Gasteiger partial charge in [-0.25, -0.2) is 4.98 Å². The van der Waals surface area contributed by atoms with Gasteiger partial charge >= 0.3 is 0 Å². The molecule has 1 saturated heterocycles. The fourth-order valence-corrected chi connectivity index (χ4v) is 3.39. The van der Waals surface area contributed by atoms with E-state index in [9.17, 15) is 4.79 Å². The molecule has 0 bridgehead atoms. The summed E-state index contributed by atoms with van der Waals surface area (Å²) in [6.07, 6.45) is 7.55. The van der Waals surface area contributed by atoms with Gasteiger partial charge in [-0.3, -0.25) is 14.4 Å². The minimum atomic E-state index is -0.151. The monoisotopic (exact) mass is 320 g/mol. The van der Waals surface area contributed by atoms with E-state index in [1.807, 2.05) is 23.2 Å². The van der Waals surface area contributed by atoms with Crippen molar-refractivity contribution in [3.8, 4) is 0 Å². The minimum absolute atomic E-state index is 0.0105. The fraction of sp³-hybridized carbons (Fsp3) is 0.571. The number of amides is 1. The summed E-state index contributed by atoms with van der Waals surface area (Å²) in [7, 11) is 0. The van der Waals surface area contributed by atoms with Gasteiger partial charge in [-0.05, 0) is 32.2 Å². The summed E-state index contributed by atoms with van der Waals surface area (Å²) in [6, 6.07) is -0.151. The van der Waals surface area contributed by atoms with Crippen LogP contribution >= 0.6 is 11.3 Å². The number of hydrogen-bond donors (Lipinski definition) is 1. The van der Waals surface area contributed by atoms with Crippen LogP contribution in [0.4, 0.5) is 5.13 Å². The molecule has 7 nitrogen and oxygen atoms in total. The van der Waals surface area contributed by atoms with Crippen LogP contribution in [0, 0.1) is 5.92 Å². The van der Waals surface area contributed by atoms with Crippen LogP contribution in [-0.2, 0) is 11.3 Å². The van der Waals surface area contributed by atoms with Gasteiger partial charge in [-0.1, -0.05) is 5.21 Å². The Kier molecular flexibility index (Phi) is 4.79. The average Bonchev–Trinajstić information content (AvgIpc) is 3.20. The molecule has 3 rings (SSSR count). The smallest absolute Gasteiger partial charge is 0.243 e. The molecule has 1 aliphatic heterocycles.